The van der Waals surface area contributed by atoms with Crippen molar-refractivity contribution >= 4 is 18.4 Å². The minimum absolute atomic E-state index is 0.327. The van der Waals surface area contributed by atoms with Gasteiger partial charge in [0.2, 0.25) is 0 Å². The van der Waals surface area contributed by atoms with Crippen molar-refractivity contribution in [3.05, 3.63) is 17.8 Å². The van der Waals surface area contributed by atoms with Gasteiger partial charge in [0, 0.05) is 6.20 Å². The quantitative estimate of drug-likeness (QED) is 0.840. The van der Waals surface area contributed by atoms with E-state index in [9.17, 15) is 0 Å². The summed E-state index contributed by atoms with van der Waals surface area (Å²) in [5, 5.41) is 0. The van der Waals surface area contributed by atoms with Gasteiger partial charge in [0.1, 0.15) is 5.82 Å². The molecule has 0 atom stereocenters. The van der Waals surface area contributed by atoms with Gasteiger partial charge < -0.3 is 15.0 Å². The lowest BCUT2D eigenvalue weighted by molar-refractivity contribution is 0.00578. The third-order valence-electron chi connectivity index (χ3n) is 5.08. The first-order valence-electron chi connectivity index (χ1n) is 7.42. The van der Waals surface area contributed by atoms with Crippen LogP contribution >= 0.6 is 0 Å². The maximum absolute atomic E-state index is 6.16. The molecule has 20 heavy (non-hydrogen) atoms. The van der Waals surface area contributed by atoms with E-state index in [1.165, 1.54) is 19.3 Å². The van der Waals surface area contributed by atoms with Crippen LogP contribution in [0.25, 0.3) is 0 Å². The maximum Gasteiger partial charge on any atom is 0.495 e. The molecule has 2 fully saturated rings. The molecule has 1 saturated heterocycles. The van der Waals surface area contributed by atoms with E-state index in [1.54, 1.807) is 6.20 Å². The second-order valence-corrected chi connectivity index (χ2v) is 6.92. The third-order valence-corrected chi connectivity index (χ3v) is 5.08. The Labute approximate surface area is 121 Å². The van der Waals surface area contributed by atoms with Crippen LogP contribution in [0, 0.1) is 0 Å². The SMILES string of the molecule is CC1(C)OB(c2ccnc(N)c2C2CCC2)OC1(C)C. The highest BCUT2D eigenvalue weighted by molar-refractivity contribution is 6.62. The maximum atomic E-state index is 6.16. The minimum Gasteiger partial charge on any atom is -0.399 e. The Balaban J connectivity index is 1.97. The summed E-state index contributed by atoms with van der Waals surface area (Å²) in [4.78, 5) is 4.25. The second-order valence-electron chi connectivity index (χ2n) is 6.92. The average Bonchev–Trinajstić information content (AvgIpc) is 2.48. The molecule has 1 aromatic rings. The molecule has 1 aromatic heterocycles. The number of nitrogens with zero attached hydrogens (tertiary/aromatic N) is 1. The van der Waals surface area contributed by atoms with E-state index in [-0.39, 0.29) is 18.3 Å². The highest BCUT2D eigenvalue weighted by atomic mass is 16.7. The summed E-state index contributed by atoms with van der Waals surface area (Å²) in [6.45, 7) is 8.28. The lowest BCUT2D eigenvalue weighted by Crippen LogP contribution is -2.41. The van der Waals surface area contributed by atoms with Crippen LogP contribution in [0.2, 0.25) is 0 Å². The minimum atomic E-state index is -0.346. The van der Waals surface area contributed by atoms with Gasteiger partial charge in [0.05, 0.1) is 11.2 Å². The van der Waals surface area contributed by atoms with Gasteiger partial charge in [-0.3, -0.25) is 0 Å². The van der Waals surface area contributed by atoms with Gasteiger partial charge >= 0.3 is 7.12 Å². The highest BCUT2D eigenvalue weighted by Crippen LogP contribution is 2.40. The summed E-state index contributed by atoms with van der Waals surface area (Å²) in [7, 11) is -0.346. The monoisotopic (exact) mass is 274 g/mol. The zero-order valence-electron chi connectivity index (χ0n) is 12.8. The number of nitrogen functional groups attached to an aromatic ring is 1. The predicted octanol–water partition coefficient (Wildman–Crippen LogP) is 2.23. The molecule has 0 unspecified atom stereocenters. The lowest BCUT2D eigenvalue weighted by atomic mass is 9.69. The van der Waals surface area contributed by atoms with Gasteiger partial charge in [-0.15, -0.1) is 0 Å². The van der Waals surface area contributed by atoms with Crippen LogP contribution < -0.4 is 11.2 Å². The molecule has 3 rings (SSSR count). The van der Waals surface area contributed by atoms with E-state index < -0.39 is 0 Å². The first kappa shape index (κ1) is 13.9. The Morgan fingerprint density at radius 3 is 2.30 bits per heavy atom. The third kappa shape index (κ3) is 2.04. The van der Waals surface area contributed by atoms with Crippen LogP contribution in [0.15, 0.2) is 12.3 Å². The van der Waals surface area contributed by atoms with Gasteiger partial charge in [0.25, 0.3) is 0 Å². The fourth-order valence-electron chi connectivity index (χ4n) is 2.82. The van der Waals surface area contributed by atoms with Crippen molar-refractivity contribution in [3.63, 3.8) is 0 Å². The first-order chi connectivity index (χ1) is 9.32. The number of hydrogen-bond acceptors (Lipinski definition) is 4. The average molecular weight is 274 g/mol. The molecule has 2 heterocycles. The van der Waals surface area contributed by atoms with Crippen LogP contribution in [0.5, 0.6) is 0 Å². The van der Waals surface area contributed by atoms with E-state index in [4.69, 9.17) is 15.0 Å². The van der Waals surface area contributed by atoms with E-state index in [0.717, 1.165) is 11.0 Å². The van der Waals surface area contributed by atoms with Crippen molar-refractivity contribution in [2.75, 3.05) is 5.73 Å². The van der Waals surface area contributed by atoms with Crippen LogP contribution in [0.3, 0.4) is 0 Å². The van der Waals surface area contributed by atoms with Crippen molar-refractivity contribution in [3.8, 4) is 0 Å². The molecule has 5 heteroatoms. The van der Waals surface area contributed by atoms with Gasteiger partial charge in [-0.1, -0.05) is 6.42 Å². The number of hydrogen-bond donors (Lipinski definition) is 1. The summed E-state index contributed by atoms with van der Waals surface area (Å²) in [5.74, 6) is 1.14. The van der Waals surface area contributed by atoms with Gasteiger partial charge in [-0.05, 0) is 63.5 Å². The summed E-state index contributed by atoms with van der Waals surface area (Å²) in [6.07, 6.45) is 5.38. The number of pyridine rings is 1. The summed E-state index contributed by atoms with van der Waals surface area (Å²) in [6, 6.07) is 1.99. The Bertz CT molecular complexity index is 511. The zero-order valence-corrected chi connectivity index (χ0v) is 12.8. The Hall–Kier alpha value is -1.07. The molecular formula is C15H23BN2O2. The van der Waals surface area contributed by atoms with Crippen LogP contribution in [0.4, 0.5) is 5.82 Å². The van der Waals surface area contributed by atoms with Crippen molar-refractivity contribution in [1.82, 2.24) is 4.98 Å². The van der Waals surface area contributed by atoms with E-state index >= 15 is 0 Å². The molecule has 2 N–H and O–H groups in total. The molecule has 0 bridgehead atoms. The fraction of sp³-hybridized carbons (Fsp3) is 0.667. The smallest absolute Gasteiger partial charge is 0.399 e. The number of anilines is 1. The molecule has 1 saturated carbocycles. The molecule has 0 aromatic carbocycles. The Morgan fingerprint density at radius 2 is 1.80 bits per heavy atom. The molecule has 1 aliphatic carbocycles. The van der Waals surface area contributed by atoms with E-state index in [0.29, 0.717) is 11.7 Å². The van der Waals surface area contributed by atoms with Crippen LogP contribution in [-0.4, -0.2) is 23.3 Å². The summed E-state index contributed by atoms with van der Waals surface area (Å²) < 4.78 is 12.3. The van der Waals surface area contributed by atoms with Crippen molar-refractivity contribution in [2.24, 2.45) is 0 Å². The lowest BCUT2D eigenvalue weighted by Gasteiger charge is -2.32. The van der Waals surface area contributed by atoms with E-state index in [1.807, 2.05) is 6.07 Å². The second kappa shape index (κ2) is 4.47. The summed E-state index contributed by atoms with van der Waals surface area (Å²) in [5.41, 5.74) is 7.65. The number of nitrogens with two attached hydrogens (primary N) is 1. The molecular weight excluding hydrogens is 251 g/mol. The van der Waals surface area contributed by atoms with Crippen molar-refractivity contribution in [2.45, 2.75) is 64.1 Å². The van der Waals surface area contributed by atoms with Crippen molar-refractivity contribution < 1.29 is 9.31 Å². The molecule has 2 aliphatic rings. The molecule has 1 aliphatic heterocycles. The molecule has 0 spiro atoms. The normalized spacial score (nSPS) is 24.7. The van der Waals surface area contributed by atoms with Crippen molar-refractivity contribution in [1.29, 1.82) is 0 Å². The largest absolute Gasteiger partial charge is 0.495 e. The molecule has 108 valence electrons. The van der Waals surface area contributed by atoms with E-state index in [2.05, 4.69) is 32.7 Å². The number of rotatable bonds is 2. The Morgan fingerprint density at radius 1 is 1.20 bits per heavy atom. The van der Waals surface area contributed by atoms with Gasteiger partial charge in [-0.25, -0.2) is 4.98 Å². The van der Waals surface area contributed by atoms with Crippen LogP contribution in [-0.2, 0) is 9.31 Å². The molecule has 0 amide bonds. The topological polar surface area (TPSA) is 57.4 Å². The zero-order chi connectivity index (χ0) is 14.5. The first-order valence-corrected chi connectivity index (χ1v) is 7.42. The predicted molar refractivity (Wildman–Crippen MR) is 81.0 cm³/mol. The van der Waals surface area contributed by atoms with Gasteiger partial charge in [-0.2, -0.15) is 0 Å². The highest BCUT2D eigenvalue weighted by Gasteiger charge is 2.52. The van der Waals surface area contributed by atoms with Crippen LogP contribution in [0.1, 0.15) is 58.4 Å². The van der Waals surface area contributed by atoms with Gasteiger partial charge in [0.15, 0.2) is 0 Å². The fourth-order valence-corrected chi connectivity index (χ4v) is 2.82. The molecule has 0 radical (unpaired) electrons. The number of aromatic nitrogens is 1. The molecule has 4 nitrogen and oxygen atoms in total. The summed E-state index contributed by atoms with van der Waals surface area (Å²) >= 11 is 0. The standard InChI is InChI=1S/C15H23BN2O2/c1-14(2)15(3,4)20-16(19-14)11-8-9-18-13(17)12(11)10-6-5-7-10/h8-10H,5-7H2,1-4H3,(H2,17,18). The Kier molecular flexibility index (Phi) is 3.10.